The molecular formula is C19H23N5O. The monoisotopic (exact) mass is 337 g/mol. The van der Waals surface area contributed by atoms with Crippen LogP contribution in [0.25, 0.3) is 11.3 Å². The average molecular weight is 337 g/mol. The second-order valence-corrected chi connectivity index (χ2v) is 6.59. The first-order valence-corrected chi connectivity index (χ1v) is 8.91. The Morgan fingerprint density at radius 3 is 2.72 bits per heavy atom. The molecular weight excluding hydrogens is 314 g/mol. The van der Waals surface area contributed by atoms with Gasteiger partial charge in [-0.05, 0) is 25.2 Å². The van der Waals surface area contributed by atoms with Crippen molar-refractivity contribution in [2.24, 2.45) is 10.9 Å². The van der Waals surface area contributed by atoms with Gasteiger partial charge in [0, 0.05) is 31.3 Å². The van der Waals surface area contributed by atoms with Gasteiger partial charge in [0.25, 0.3) is 6.02 Å². The number of benzene rings is 1. The summed E-state index contributed by atoms with van der Waals surface area (Å²) in [6.45, 7) is 3.60. The zero-order chi connectivity index (χ0) is 16.9. The molecule has 5 rings (SSSR count). The van der Waals surface area contributed by atoms with E-state index >= 15 is 0 Å². The summed E-state index contributed by atoms with van der Waals surface area (Å²) in [4.78, 5) is 15.6. The molecule has 1 N–H and O–H groups in total. The van der Waals surface area contributed by atoms with Crippen LogP contribution >= 0.6 is 0 Å². The zero-order valence-electron chi connectivity index (χ0n) is 14.3. The van der Waals surface area contributed by atoms with E-state index in [1.165, 1.54) is 12.8 Å². The van der Waals surface area contributed by atoms with E-state index in [1.54, 1.807) is 6.33 Å². The molecule has 2 bridgehead atoms. The highest BCUT2D eigenvalue weighted by Gasteiger charge is 2.21. The van der Waals surface area contributed by atoms with Crippen LogP contribution in [-0.4, -0.2) is 47.3 Å². The van der Waals surface area contributed by atoms with Gasteiger partial charge < -0.3 is 4.74 Å². The molecule has 0 amide bonds. The molecule has 0 saturated carbocycles. The lowest BCUT2D eigenvalue weighted by atomic mass is 9.94. The van der Waals surface area contributed by atoms with Gasteiger partial charge in [0.15, 0.2) is 0 Å². The van der Waals surface area contributed by atoms with Gasteiger partial charge in [-0.2, -0.15) is 0 Å². The normalized spacial score (nSPS) is 23.4. The molecule has 2 aromatic rings. The molecule has 0 spiro atoms. The Hall–Kier alpha value is -2.47. The molecule has 4 heterocycles. The van der Waals surface area contributed by atoms with E-state index in [-0.39, 0.29) is 0 Å². The summed E-state index contributed by atoms with van der Waals surface area (Å²) in [5.41, 5.74) is 1.94. The van der Waals surface area contributed by atoms with Gasteiger partial charge in [-0.15, -0.1) is 0 Å². The largest absolute Gasteiger partial charge is 0.449 e. The summed E-state index contributed by atoms with van der Waals surface area (Å²) in [7, 11) is 0. The molecule has 1 fully saturated rings. The van der Waals surface area contributed by atoms with E-state index in [2.05, 4.69) is 25.2 Å². The van der Waals surface area contributed by atoms with Crippen LogP contribution in [0.3, 0.4) is 0 Å². The maximum Gasteiger partial charge on any atom is 0.291 e. The lowest BCUT2D eigenvalue weighted by Crippen LogP contribution is -2.38. The number of hydrogen-bond acceptors (Lipinski definition) is 6. The highest BCUT2D eigenvalue weighted by Crippen LogP contribution is 2.22. The molecule has 1 aromatic carbocycles. The van der Waals surface area contributed by atoms with Crippen molar-refractivity contribution in [1.29, 1.82) is 0 Å². The van der Waals surface area contributed by atoms with Crippen molar-refractivity contribution in [3.63, 3.8) is 0 Å². The summed E-state index contributed by atoms with van der Waals surface area (Å²) < 4.78 is 5.90. The molecule has 1 aromatic heterocycles. The maximum absolute atomic E-state index is 5.90. The van der Waals surface area contributed by atoms with Crippen LogP contribution in [0.15, 0.2) is 47.7 Å². The van der Waals surface area contributed by atoms with Crippen molar-refractivity contribution in [3.05, 3.63) is 42.7 Å². The van der Waals surface area contributed by atoms with Crippen LogP contribution in [0.2, 0.25) is 0 Å². The van der Waals surface area contributed by atoms with E-state index < -0.39 is 0 Å². The predicted molar refractivity (Wildman–Crippen MR) is 98.3 cm³/mol. The minimum atomic E-state index is 0.547. The lowest BCUT2D eigenvalue weighted by Gasteiger charge is -2.32. The second kappa shape index (κ2) is 7.61. The third-order valence-corrected chi connectivity index (χ3v) is 4.86. The van der Waals surface area contributed by atoms with Crippen molar-refractivity contribution >= 4 is 11.8 Å². The summed E-state index contributed by atoms with van der Waals surface area (Å²) in [6.07, 6.45) is 5.21. The van der Waals surface area contributed by atoms with Crippen LogP contribution in [-0.2, 0) is 4.74 Å². The summed E-state index contributed by atoms with van der Waals surface area (Å²) in [5.74, 6) is 1.49. The topological polar surface area (TPSA) is 62.6 Å². The minimum absolute atomic E-state index is 0.547. The van der Waals surface area contributed by atoms with E-state index in [0.717, 1.165) is 43.2 Å². The van der Waals surface area contributed by atoms with Crippen molar-refractivity contribution < 1.29 is 4.74 Å². The molecule has 6 nitrogen and oxygen atoms in total. The molecule has 3 aliphatic rings. The van der Waals surface area contributed by atoms with Crippen molar-refractivity contribution in [2.45, 2.75) is 19.3 Å². The van der Waals surface area contributed by atoms with Gasteiger partial charge in [0.2, 0.25) is 0 Å². The van der Waals surface area contributed by atoms with E-state index in [4.69, 9.17) is 4.74 Å². The smallest absolute Gasteiger partial charge is 0.291 e. The molecule has 0 unspecified atom stereocenters. The highest BCUT2D eigenvalue weighted by atomic mass is 16.5. The fourth-order valence-corrected chi connectivity index (χ4v) is 3.33. The Bertz CT molecular complexity index is 726. The number of piperidine rings is 1. The fourth-order valence-electron chi connectivity index (χ4n) is 3.33. The number of aromatic nitrogens is 2. The number of ether oxygens (including phenoxy) is 1. The second-order valence-electron chi connectivity index (χ2n) is 6.59. The number of rotatable bonds is 2. The van der Waals surface area contributed by atoms with Crippen LogP contribution in [0.1, 0.15) is 19.3 Å². The third-order valence-electron chi connectivity index (χ3n) is 4.86. The number of hydrogen-bond donors (Lipinski definition) is 1. The molecule has 25 heavy (non-hydrogen) atoms. The minimum Gasteiger partial charge on any atom is -0.449 e. The Morgan fingerprint density at radius 1 is 1.04 bits per heavy atom. The first kappa shape index (κ1) is 16.0. The Balaban J connectivity index is 1.49. The number of nitrogens with one attached hydrogen (secondary N) is 1. The van der Waals surface area contributed by atoms with E-state index in [1.807, 2.05) is 36.4 Å². The van der Waals surface area contributed by atoms with Crippen molar-refractivity contribution in [1.82, 2.24) is 14.9 Å². The first-order valence-electron chi connectivity index (χ1n) is 8.91. The first-order chi connectivity index (χ1) is 12.4. The molecule has 1 saturated heterocycles. The third kappa shape index (κ3) is 4.14. The van der Waals surface area contributed by atoms with Gasteiger partial charge in [0.05, 0.1) is 5.69 Å². The molecule has 6 heteroatoms. The van der Waals surface area contributed by atoms with Gasteiger partial charge >= 0.3 is 0 Å². The quantitative estimate of drug-likeness (QED) is 0.913. The van der Waals surface area contributed by atoms with E-state index in [0.29, 0.717) is 18.6 Å². The van der Waals surface area contributed by atoms with Gasteiger partial charge in [-0.3, -0.25) is 10.2 Å². The van der Waals surface area contributed by atoms with Gasteiger partial charge in [-0.1, -0.05) is 30.3 Å². The van der Waals surface area contributed by atoms with Crippen LogP contribution in [0.5, 0.6) is 0 Å². The Kier molecular flexibility index (Phi) is 4.88. The lowest BCUT2D eigenvalue weighted by molar-refractivity contribution is 0.0761. The predicted octanol–water partition coefficient (Wildman–Crippen LogP) is 3.00. The summed E-state index contributed by atoms with van der Waals surface area (Å²) in [6, 6.07) is 12.5. The summed E-state index contributed by atoms with van der Waals surface area (Å²) in [5, 5.41) is 3.22. The Labute approximate surface area is 148 Å². The Morgan fingerprint density at radius 2 is 1.88 bits per heavy atom. The van der Waals surface area contributed by atoms with Gasteiger partial charge in [-0.25, -0.2) is 15.0 Å². The van der Waals surface area contributed by atoms with E-state index in [9.17, 15) is 0 Å². The number of fused-ring (bicyclic) bond motifs is 6. The SMILES string of the molecule is c1ccc(-c2cc(NC3=NCCC4CCN(CC4)CO3)ncn2)cc1. The fraction of sp³-hybridized carbons (Fsp3) is 0.421. The highest BCUT2D eigenvalue weighted by molar-refractivity contribution is 5.88. The van der Waals surface area contributed by atoms with Crippen LogP contribution in [0, 0.1) is 5.92 Å². The molecule has 3 aliphatic heterocycles. The molecule has 0 radical (unpaired) electrons. The van der Waals surface area contributed by atoms with Crippen molar-refractivity contribution in [3.8, 4) is 11.3 Å². The number of nitrogens with zero attached hydrogens (tertiary/aromatic N) is 4. The van der Waals surface area contributed by atoms with Crippen LogP contribution in [0.4, 0.5) is 5.82 Å². The number of aliphatic imine (C=N–C) groups is 1. The maximum atomic E-state index is 5.90. The molecule has 130 valence electrons. The standard InChI is InChI=1S/C19H23N5O/c1-2-4-16(5-3-1)17-12-18(22-13-21-17)23-19-20-9-6-15-7-10-24(11-8-15)14-25-19/h1-5,12-13,15H,6-11,14H2,(H,20,21,22,23). The summed E-state index contributed by atoms with van der Waals surface area (Å²) >= 11 is 0. The van der Waals surface area contributed by atoms with Gasteiger partial charge in [0.1, 0.15) is 18.9 Å². The van der Waals surface area contributed by atoms with Crippen LogP contribution < -0.4 is 5.32 Å². The van der Waals surface area contributed by atoms with Crippen molar-refractivity contribution in [2.75, 3.05) is 31.7 Å². The number of amidine groups is 1. The molecule has 0 atom stereocenters. The zero-order valence-corrected chi connectivity index (χ0v) is 14.3. The number of anilines is 1. The molecule has 0 aliphatic carbocycles. The average Bonchev–Trinajstić information content (AvgIpc) is 2.68.